The van der Waals surface area contributed by atoms with E-state index < -0.39 is 10.0 Å². The molecule has 0 saturated carbocycles. The van der Waals surface area contributed by atoms with Crippen molar-refractivity contribution in [1.29, 1.82) is 0 Å². The Hall–Kier alpha value is -0.390. The molecule has 0 N–H and O–H groups in total. The summed E-state index contributed by atoms with van der Waals surface area (Å²) in [5.41, 5.74) is 0. The van der Waals surface area contributed by atoms with Gasteiger partial charge in [-0.15, -0.1) is 0 Å². The predicted molar refractivity (Wildman–Crippen MR) is 93.5 cm³/mol. The second-order valence-corrected chi connectivity index (χ2v) is 8.49. The maximum absolute atomic E-state index is 13.1. The van der Waals surface area contributed by atoms with Crippen LogP contribution in [0.25, 0.3) is 10.8 Å². The van der Waals surface area contributed by atoms with E-state index in [1.807, 2.05) is 64.1 Å². The number of hydrogen-bond donors (Lipinski definition) is 0. The molecule has 122 valence electrons. The molecular weight excluding hydrogens is 317 g/mol. The maximum Gasteiger partial charge on any atom is 1.00 e. The zero-order chi connectivity index (χ0) is 16.3. The van der Waals surface area contributed by atoms with Crippen molar-refractivity contribution >= 4 is 20.8 Å². The largest absolute Gasteiger partial charge is 1.00 e. The molecule has 0 saturated heterocycles. The SMILES string of the molecule is CC(C)CN(CC(C)C)S(=O)(=O)c1cccc2ccccc12.[H-].[Na+]. The zero-order valence-electron chi connectivity index (χ0n) is 15.8. The van der Waals surface area contributed by atoms with Crippen LogP contribution >= 0.6 is 0 Å². The second-order valence-electron chi connectivity index (χ2n) is 6.59. The minimum absolute atomic E-state index is 0. The van der Waals surface area contributed by atoms with Crippen molar-refractivity contribution < 1.29 is 39.4 Å². The Morgan fingerprint density at radius 2 is 1.43 bits per heavy atom. The van der Waals surface area contributed by atoms with Gasteiger partial charge in [-0.1, -0.05) is 64.1 Å². The fraction of sp³-hybridized carbons (Fsp3) is 0.444. The summed E-state index contributed by atoms with van der Waals surface area (Å²) in [4.78, 5) is 0.409. The maximum atomic E-state index is 13.1. The number of rotatable bonds is 6. The fourth-order valence-electron chi connectivity index (χ4n) is 2.65. The molecule has 0 aliphatic carbocycles. The quantitative estimate of drug-likeness (QED) is 0.741. The van der Waals surface area contributed by atoms with E-state index in [4.69, 9.17) is 0 Å². The van der Waals surface area contributed by atoms with E-state index in [0.29, 0.717) is 29.8 Å². The summed E-state index contributed by atoms with van der Waals surface area (Å²) in [6.45, 7) is 9.28. The fourth-order valence-corrected chi connectivity index (χ4v) is 4.63. The van der Waals surface area contributed by atoms with Gasteiger partial charge in [0.2, 0.25) is 10.0 Å². The average Bonchev–Trinajstić information content (AvgIpc) is 2.45. The predicted octanol–water partition coefficient (Wildman–Crippen LogP) is 1.26. The Balaban J connectivity index is 0.00000264. The Morgan fingerprint density at radius 1 is 0.913 bits per heavy atom. The standard InChI is InChI=1S/C18H25NO2S.Na.H/c1-14(2)12-19(13-15(3)4)22(20,21)18-11-7-9-16-8-5-6-10-17(16)18;;/h5-11,14-15H,12-13H2,1-4H3;;/q;+1;-1. The summed E-state index contributed by atoms with van der Waals surface area (Å²) < 4.78 is 27.9. The molecule has 0 bridgehead atoms. The van der Waals surface area contributed by atoms with Crippen molar-refractivity contribution in [2.75, 3.05) is 13.1 Å². The summed E-state index contributed by atoms with van der Waals surface area (Å²) >= 11 is 0. The van der Waals surface area contributed by atoms with E-state index >= 15 is 0 Å². The molecule has 0 spiro atoms. The summed E-state index contributed by atoms with van der Waals surface area (Å²) in [7, 11) is -3.48. The number of sulfonamides is 1. The summed E-state index contributed by atoms with van der Waals surface area (Å²) in [5, 5.41) is 1.75. The summed E-state index contributed by atoms with van der Waals surface area (Å²) in [6, 6.07) is 13.1. The first-order valence-electron chi connectivity index (χ1n) is 7.80. The number of hydrogen-bond acceptors (Lipinski definition) is 2. The number of fused-ring (bicyclic) bond motifs is 1. The third-order valence-electron chi connectivity index (χ3n) is 3.51. The summed E-state index contributed by atoms with van der Waals surface area (Å²) in [5.74, 6) is 0.590. The smallest absolute Gasteiger partial charge is 1.00 e. The first-order chi connectivity index (χ1) is 10.3. The molecule has 2 rings (SSSR count). The topological polar surface area (TPSA) is 37.4 Å². The normalized spacial score (nSPS) is 12.1. The molecule has 0 amide bonds. The van der Waals surface area contributed by atoms with E-state index in [1.54, 1.807) is 10.4 Å². The van der Waals surface area contributed by atoms with Crippen LogP contribution < -0.4 is 29.6 Å². The molecule has 23 heavy (non-hydrogen) atoms. The van der Waals surface area contributed by atoms with E-state index in [9.17, 15) is 8.42 Å². The van der Waals surface area contributed by atoms with E-state index in [1.165, 1.54) is 0 Å². The van der Waals surface area contributed by atoms with Crippen LogP contribution in [0.4, 0.5) is 0 Å². The van der Waals surface area contributed by atoms with Gasteiger partial charge in [-0.05, 0) is 23.3 Å². The van der Waals surface area contributed by atoms with E-state index in [-0.39, 0.29) is 31.0 Å². The van der Waals surface area contributed by atoms with Crippen LogP contribution in [0, 0.1) is 11.8 Å². The van der Waals surface area contributed by atoms with Gasteiger partial charge in [-0.25, -0.2) is 8.42 Å². The third-order valence-corrected chi connectivity index (χ3v) is 5.39. The Labute approximate surface area is 163 Å². The van der Waals surface area contributed by atoms with Crippen LogP contribution in [-0.2, 0) is 10.0 Å². The van der Waals surface area contributed by atoms with Crippen molar-refractivity contribution in [3.63, 3.8) is 0 Å². The Kier molecular flexibility index (Phi) is 7.75. The molecule has 0 aliphatic rings. The molecule has 2 aromatic carbocycles. The van der Waals surface area contributed by atoms with Gasteiger partial charge < -0.3 is 1.43 Å². The van der Waals surface area contributed by atoms with Gasteiger partial charge in [0.25, 0.3) is 0 Å². The third kappa shape index (κ3) is 5.04. The molecule has 0 unspecified atom stereocenters. The van der Waals surface area contributed by atoms with E-state index in [0.717, 1.165) is 10.8 Å². The average molecular weight is 343 g/mol. The zero-order valence-corrected chi connectivity index (χ0v) is 17.6. The van der Waals surface area contributed by atoms with Crippen molar-refractivity contribution in [3.8, 4) is 0 Å². The Bertz CT molecular complexity index is 732. The van der Waals surface area contributed by atoms with Gasteiger partial charge in [-0.2, -0.15) is 4.31 Å². The molecule has 2 aromatic rings. The van der Waals surface area contributed by atoms with Crippen molar-refractivity contribution in [1.82, 2.24) is 4.31 Å². The van der Waals surface area contributed by atoms with Crippen LogP contribution in [-0.4, -0.2) is 25.8 Å². The minimum atomic E-state index is -3.48. The minimum Gasteiger partial charge on any atom is -1.00 e. The number of benzene rings is 2. The molecule has 0 heterocycles. The summed E-state index contributed by atoms with van der Waals surface area (Å²) in [6.07, 6.45) is 0. The molecule has 0 aromatic heterocycles. The van der Waals surface area contributed by atoms with Gasteiger partial charge in [0.1, 0.15) is 0 Å². The molecule has 0 atom stereocenters. The molecule has 0 radical (unpaired) electrons. The molecule has 0 aliphatic heterocycles. The van der Waals surface area contributed by atoms with Crippen molar-refractivity contribution in [3.05, 3.63) is 42.5 Å². The van der Waals surface area contributed by atoms with Crippen LogP contribution in [0.2, 0.25) is 0 Å². The van der Waals surface area contributed by atoms with Gasteiger partial charge in [0.05, 0.1) is 4.90 Å². The monoisotopic (exact) mass is 343 g/mol. The Morgan fingerprint density at radius 3 is 2.00 bits per heavy atom. The van der Waals surface area contributed by atoms with Gasteiger partial charge in [-0.3, -0.25) is 0 Å². The molecule has 3 nitrogen and oxygen atoms in total. The molecule has 5 heteroatoms. The van der Waals surface area contributed by atoms with Gasteiger partial charge >= 0.3 is 29.6 Å². The second kappa shape index (κ2) is 8.63. The van der Waals surface area contributed by atoms with E-state index in [2.05, 4.69) is 0 Å². The first kappa shape index (κ1) is 20.7. The molecule has 0 fully saturated rings. The van der Waals surface area contributed by atoms with Crippen molar-refractivity contribution in [2.45, 2.75) is 32.6 Å². The van der Waals surface area contributed by atoms with Crippen LogP contribution in [0.1, 0.15) is 29.1 Å². The van der Waals surface area contributed by atoms with Gasteiger partial charge in [0.15, 0.2) is 0 Å². The van der Waals surface area contributed by atoms with Crippen LogP contribution in [0.5, 0.6) is 0 Å². The van der Waals surface area contributed by atoms with Crippen LogP contribution in [0.3, 0.4) is 0 Å². The van der Waals surface area contributed by atoms with Crippen LogP contribution in [0.15, 0.2) is 47.4 Å². The van der Waals surface area contributed by atoms with Crippen molar-refractivity contribution in [2.24, 2.45) is 11.8 Å². The number of nitrogens with zero attached hydrogens (tertiary/aromatic N) is 1. The van der Waals surface area contributed by atoms with Gasteiger partial charge in [0, 0.05) is 18.5 Å². The molecular formula is C18H26NNaO2S. The first-order valence-corrected chi connectivity index (χ1v) is 9.24.